The van der Waals surface area contributed by atoms with Crippen LogP contribution in [0.3, 0.4) is 0 Å². The molecule has 3 rings (SSSR count). The van der Waals surface area contributed by atoms with Crippen LogP contribution in [0.25, 0.3) is 0 Å². The van der Waals surface area contributed by atoms with E-state index in [4.69, 9.17) is 21.1 Å². The second kappa shape index (κ2) is 6.13. The van der Waals surface area contributed by atoms with Gasteiger partial charge in [0.1, 0.15) is 6.04 Å². The molecule has 2 fully saturated rings. The van der Waals surface area contributed by atoms with E-state index < -0.39 is 17.4 Å². The second-order valence-electron chi connectivity index (χ2n) is 6.08. The van der Waals surface area contributed by atoms with Gasteiger partial charge in [-0.3, -0.25) is 14.9 Å². The van der Waals surface area contributed by atoms with Gasteiger partial charge in [-0.25, -0.2) is 0 Å². The molecule has 1 aromatic rings. The van der Waals surface area contributed by atoms with Gasteiger partial charge in [0, 0.05) is 16.5 Å². The summed E-state index contributed by atoms with van der Waals surface area (Å²) >= 11 is 6.32. The largest absolute Gasteiger partial charge is 0.468 e. The molecule has 1 saturated heterocycles. The van der Waals surface area contributed by atoms with E-state index in [0.717, 1.165) is 18.4 Å². The quantitative estimate of drug-likeness (QED) is 0.855. The van der Waals surface area contributed by atoms with Crippen LogP contribution in [-0.4, -0.2) is 31.7 Å². The molecule has 0 radical (unpaired) electrons. The van der Waals surface area contributed by atoms with Crippen molar-refractivity contribution in [3.8, 4) is 0 Å². The van der Waals surface area contributed by atoms with Gasteiger partial charge in [0.25, 0.3) is 0 Å². The topological polar surface area (TPSA) is 64.6 Å². The van der Waals surface area contributed by atoms with E-state index in [1.54, 1.807) is 13.0 Å². The Morgan fingerprint density at radius 2 is 2.00 bits per heavy atom. The molecule has 6 heteroatoms. The average Bonchev–Trinajstić information content (AvgIpc) is 3.24. The minimum Gasteiger partial charge on any atom is -0.468 e. The predicted octanol–water partition coefficient (Wildman–Crippen LogP) is 2.49. The third-order valence-corrected chi connectivity index (χ3v) is 5.26. The monoisotopic (exact) mass is 337 g/mol. The summed E-state index contributed by atoms with van der Waals surface area (Å²) in [6, 6.07) is 6.51. The Labute approximate surface area is 140 Å². The van der Waals surface area contributed by atoms with Crippen LogP contribution in [-0.2, 0) is 19.1 Å². The zero-order valence-corrected chi connectivity index (χ0v) is 13.9. The Hall–Kier alpha value is -1.59. The molecule has 0 amide bonds. The van der Waals surface area contributed by atoms with Crippen LogP contribution >= 0.6 is 11.6 Å². The van der Waals surface area contributed by atoms with Gasteiger partial charge in [-0.15, -0.1) is 0 Å². The fourth-order valence-electron chi connectivity index (χ4n) is 3.72. The summed E-state index contributed by atoms with van der Waals surface area (Å²) in [7, 11) is 1.36. The third kappa shape index (κ3) is 2.62. The van der Waals surface area contributed by atoms with Crippen LogP contribution in [0.2, 0.25) is 5.02 Å². The van der Waals surface area contributed by atoms with Gasteiger partial charge in [0.2, 0.25) is 0 Å². The maximum atomic E-state index is 12.6. The van der Waals surface area contributed by atoms with E-state index in [1.807, 2.05) is 18.2 Å². The van der Waals surface area contributed by atoms with Crippen LogP contribution < -0.4 is 5.32 Å². The zero-order chi connectivity index (χ0) is 16.6. The zero-order valence-electron chi connectivity index (χ0n) is 13.2. The maximum Gasteiger partial charge on any atom is 0.323 e. The first-order valence-electron chi connectivity index (χ1n) is 7.80. The standard InChI is InChI=1S/C17H20ClNO4/c1-3-23-15(20)12-13(10-6-4-5-7-11(10)18)19-14(16(21)22-2)17(12)8-9-17/h4-7,12-14,19H,3,8-9H2,1-2H3/t12-,13-,14+/m1/s1. The second-order valence-corrected chi connectivity index (χ2v) is 6.49. The number of hydrogen-bond acceptors (Lipinski definition) is 5. The maximum absolute atomic E-state index is 12.6. The molecule has 1 N–H and O–H groups in total. The van der Waals surface area contributed by atoms with Gasteiger partial charge in [-0.05, 0) is 31.4 Å². The highest BCUT2D eigenvalue weighted by atomic mass is 35.5. The highest BCUT2D eigenvalue weighted by Gasteiger charge is 2.67. The molecule has 1 spiro atoms. The first-order valence-corrected chi connectivity index (χ1v) is 8.18. The van der Waals surface area contributed by atoms with Gasteiger partial charge in [0.05, 0.1) is 19.6 Å². The summed E-state index contributed by atoms with van der Waals surface area (Å²) in [5, 5.41) is 3.85. The lowest BCUT2D eigenvalue weighted by Gasteiger charge is -2.23. The molecule has 2 aliphatic rings. The highest BCUT2D eigenvalue weighted by Crippen LogP contribution is 2.63. The Kier molecular flexibility index (Phi) is 4.34. The highest BCUT2D eigenvalue weighted by molar-refractivity contribution is 6.31. The number of rotatable bonds is 4. The van der Waals surface area contributed by atoms with Gasteiger partial charge in [-0.1, -0.05) is 29.8 Å². The molecule has 1 aliphatic carbocycles. The van der Waals surface area contributed by atoms with Crippen LogP contribution in [0.5, 0.6) is 0 Å². The Morgan fingerprint density at radius 1 is 1.30 bits per heavy atom. The van der Waals surface area contributed by atoms with Gasteiger partial charge < -0.3 is 9.47 Å². The van der Waals surface area contributed by atoms with E-state index >= 15 is 0 Å². The van der Waals surface area contributed by atoms with Crippen LogP contribution in [0.1, 0.15) is 31.4 Å². The number of carbonyl (C=O) groups is 2. The summed E-state index contributed by atoms with van der Waals surface area (Å²) in [6.07, 6.45) is 1.59. The molecule has 0 aromatic heterocycles. The SMILES string of the molecule is CCOC(=O)[C@H]1[C@@H](c2ccccc2Cl)N[C@@H](C(=O)OC)C12CC2. The number of benzene rings is 1. The van der Waals surface area contributed by atoms with Crippen molar-refractivity contribution in [2.45, 2.75) is 31.8 Å². The molecule has 0 bridgehead atoms. The number of ether oxygens (including phenoxy) is 2. The Balaban J connectivity index is 2.01. The lowest BCUT2D eigenvalue weighted by Crippen LogP contribution is -2.39. The number of carbonyl (C=O) groups excluding carboxylic acids is 2. The van der Waals surface area contributed by atoms with Crippen molar-refractivity contribution in [1.82, 2.24) is 5.32 Å². The number of methoxy groups -OCH3 is 1. The number of halogens is 1. The third-order valence-electron chi connectivity index (χ3n) is 4.92. The molecule has 0 unspecified atom stereocenters. The van der Waals surface area contributed by atoms with Crippen molar-refractivity contribution in [2.75, 3.05) is 13.7 Å². The molecule has 1 aliphatic heterocycles. The number of nitrogens with one attached hydrogen (secondary N) is 1. The lowest BCUT2D eigenvalue weighted by molar-refractivity contribution is -0.151. The molecule has 3 atom stereocenters. The molecular formula is C17H20ClNO4. The first kappa shape index (κ1) is 16.3. The molecule has 124 valence electrons. The first-order chi connectivity index (χ1) is 11.0. The predicted molar refractivity (Wildman–Crippen MR) is 84.9 cm³/mol. The molecule has 5 nitrogen and oxygen atoms in total. The molecule has 1 heterocycles. The summed E-state index contributed by atoms with van der Waals surface area (Å²) < 4.78 is 10.2. The van der Waals surface area contributed by atoms with Gasteiger partial charge >= 0.3 is 11.9 Å². The molecule has 1 saturated carbocycles. The van der Waals surface area contributed by atoms with E-state index in [1.165, 1.54) is 7.11 Å². The minimum absolute atomic E-state index is 0.283. The van der Waals surface area contributed by atoms with E-state index in [-0.39, 0.29) is 18.0 Å². The van der Waals surface area contributed by atoms with Gasteiger partial charge in [0.15, 0.2) is 0 Å². The van der Waals surface area contributed by atoms with Crippen molar-refractivity contribution in [2.24, 2.45) is 11.3 Å². The van der Waals surface area contributed by atoms with Crippen molar-refractivity contribution in [3.05, 3.63) is 34.9 Å². The average molecular weight is 338 g/mol. The van der Waals surface area contributed by atoms with Gasteiger partial charge in [-0.2, -0.15) is 0 Å². The normalized spacial score (nSPS) is 27.7. The smallest absolute Gasteiger partial charge is 0.323 e. The van der Waals surface area contributed by atoms with E-state index in [2.05, 4.69) is 5.32 Å². The van der Waals surface area contributed by atoms with Crippen molar-refractivity contribution in [3.63, 3.8) is 0 Å². The summed E-state index contributed by atoms with van der Waals surface area (Å²) in [5.41, 5.74) is 0.383. The van der Waals surface area contributed by atoms with Crippen LogP contribution in [0, 0.1) is 11.3 Å². The van der Waals surface area contributed by atoms with Crippen molar-refractivity contribution < 1.29 is 19.1 Å². The summed E-state index contributed by atoms with van der Waals surface area (Å²) in [6.45, 7) is 2.09. The Bertz CT molecular complexity index is 629. The molecular weight excluding hydrogens is 318 g/mol. The van der Waals surface area contributed by atoms with Crippen LogP contribution in [0.4, 0.5) is 0 Å². The van der Waals surface area contributed by atoms with E-state index in [0.29, 0.717) is 11.6 Å². The Morgan fingerprint density at radius 3 is 2.57 bits per heavy atom. The van der Waals surface area contributed by atoms with E-state index in [9.17, 15) is 9.59 Å². The fraction of sp³-hybridized carbons (Fsp3) is 0.529. The number of esters is 2. The fourth-order valence-corrected chi connectivity index (χ4v) is 3.97. The number of hydrogen-bond donors (Lipinski definition) is 1. The lowest BCUT2D eigenvalue weighted by atomic mass is 9.81. The summed E-state index contributed by atoms with van der Waals surface area (Å²) in [5.74, 6) is -1.06. The summed E-state index contributed by atoms with van der Waals surface area (Å²) in [4.78, 5) is 24.8. The molecule has 23 heavy (non-hydrogen) atoms. The van der Waals surface area contributed by atoms with Crippen molar-refractivity contribution >= 4 is 23.5 Å². The van der Waals surface area contributed by atoms with Crippen LogP contribution in [0.15, 0.2) is 24.3 Å². The van der Waals surface area contributed by atoms with Crippen molar-refractivity contribution in [1.29, 1.82) is 0 Å². The minimum atomic E-state index is -0.511. The molecule has 1 aromatic carbocycles.